The minimum atomic E-state index is -1.81. The first-order valence-corrected chi connectivity index (χ1v) is 10.7. The Balaban J connectivity index is 2.25. The lowest BCUT2D eigenvalue weighted by molar-refractivity contribution is -0.149. The highest BCUT2D eigenvalue weighted by Crippen LogP contribution is 2.35. The van der Waals surface area contributed by atoms with Crippen LogP contribution in [0.25, 0.3) is 0 Å². The first-order valence-electron chi connectivity index (χ1n) is 10.3. The predicted molar refractivity (Wildman–Crippen MR) is 127 cm³/mol. The number of nitrogens with one attached hydrogen (secondary N) is 2. The van der Waals surface area contributed by atoms with Gasteiger partial charge < -0.3 is 29.6 Å². The first-order chi connectivity index (χ1) is 16.3. The predicted octanol–water partition coefficient (Wildman–Crippen LogP) is 1.56. The number of carbonyl (C=O) groups is 4. The Bertz CT molecular complexity index is 967. The van der Waals surface area contributed by atoms with Gasteiger partial charge in [-0.05, 0) is 12.5 Å². The van der Waals surface area contributed by atoms with Gasteiger partial charge >= 0.3 is 5.97 Å². The monoisotopic (exact) mass is 492 g/mol. The minimum absolute atomic E-state index is 0.000633. The number of hydrogen-bond acceptors (Lipinski definition) is 9. The van der Waals surface area contributed by atoms with Crippen molar-refractivity contribution in [1.29, 1.82) is 0 Å². The smallest absolute Gasteiger partial charge is 0.342 e. The highest BCUT2D eigenvalue weighted by Gasteiger charge is 2.49. The molecule has 1 aliphatic rings. The zero-order valence-corrected chi connectivity index (χ0v) is 19.9. The lowest BCUT2D eigenvalue weighted by Gasteiger charge is -2.30. The summed E-state index contributed by atoms with van der Waals surface area (Å²) in [6.45, 7) is 7.15. The number of esters is 1. The quantitative estimate of drug-likeness (QED) is 0.123. The van der Waals surface area contributed by atoms with Crippen LogP contribution in [0.15, 0.2) is 37.4 Å². The highest BCUT2D eigenvalue weighted by atomic mass is 32.1. The second-order valence-corrected chi connectivity index (χ2v) is 7.74. The van der Waals surface area contributed by atoms with E-state index in [9.17, 15) is 19.2 Å². The molecule has 1 fully saturated rings. The molecule has 1 aliphatic heterocycles. The van der Waals surface area contributed by atoms with E-state index in [4.69, 9.17) is 18.9 Å². The van der Waals surface area contributed by atoms with Gasteiger partial charge in [-0.3, -0.25) is 14.4 Å². The van der Waals surface area contributed by atoms with Crippen molar-refractivity contribution < 1.29 is 38.1 Å². The molecule has 2 N–H and O–H groups in total. The molecular formula is C23H28N2O8S. The van der Waals surface area contributed by atoms with E-state index in [0.717, 1.165) is 0 Å². The molecule has 0 aromatic heterocycles. The van der Waals surface area contributed by atoms with Crippen LogP contribution in [0.2, 0.25) is 0 Å². The topological polar surface area (TPSA) is 129 Å². The Morgan fingerprint density at radius 1 is 1.18 bits per heavy atom. The molecule has 1 heterocycles. The van der Waals surface area contributed by atoms with Crippen LogP contribution >= 0.6 is 12.6 Å². The van der Waals surface area contributed by atoms with E-state index < -0.39 is 34.6 Å². The number of rotatable bonds is 13. The van der Waals surface area contributed by atoms with Gasteiger partial charge in [0.15, 0.2) is 11.9 Å². The van der Waals surface area contributed by atoms with Gasteiger partial charge in [-0.2, -0.15) is 0 Å². The fourth-order valence-corrected chi connectivity index (χ4v) is 3.88. The molecule has 2 rings (SSSR count). The van der Waals surface area contributed by atoms with E-state index in [-0.39, 0.29) is 48.9 Å². The van der Waals surface area contributed by atoms with Gasteiger partial charge in [0.2, 0.25) is 11.0 Å². The van der Waals surface area contributed by atoms with Crippen molar-refractivity contribution in [3.8, 4) is 11.5 Å². The molecule has 3 unspecified atom stereocenters. The molecule has 10 nitrogen and oxygen atoms in total. The number of carbonyl (C=O) groups excluding carboxylic acids is 4. The Hall–Kier alpha value is -3.15. The van der Waals surface area contributed by atoms with Crippen molar-refractivity contribution in [1.82, 2.24) is 5.32 Å². The van der Waals surface area contributed by atoms with E-state index in [1.54, 1.807) is 0 Å². The molecule has 184 valence electrons. The molecule has 1 amide bonds. The molecule has 34 heavy (non-hydrogen) atoms. The van der Waals surface area contributed by atoms with Gasteiger partial charge in [0.1, 0.15) is 23.7 Å². The molecule has 1 aromatic carbocycles. The van der Waals surface area contributed by atoms with E-state index in [0.29, 0.717) is 6.29 Å². The van der Waals surface area contributed by atoms with Gasteiger partial charge in [-0.25, -0.2) is 4.79 Å². The lowest BCUT2D eigenvalue weighted by atomic mass is 9.87. The summed E-state index contributed by atoms with van der Waals surface area (Å²) in [4.78, 5) is 49.4. The number of ether oxygens (including phenoxy) is 4. The fourth-order valence-electron chi connectivity index (χ4n) is 3.58. The van der Waals surface area contributed by atoms with Crippen LogP contribution in [0.5, 0.6) is 11.5 Å². The third-order valence-electron chi connectivity index (χ3n) is 5.33. The van der Waals surface area contributed by atoms with Gasteiger partial charge in [-0.15, -0.1) is 19.2 Å². The summed E-state index contributed by atoms with van der Waals surface area (Å²) >= 11 is 3.83. The second kappa shape index (κ2) is 12.4. The Labute approximate surface area is 203 Å². The van der Waals surface area contributed by atoms with Gasteiger partial charge in [0.25, 0.3) is 0 Å². The first kappa shape index (κ1) is 27.1. The maximum atomic E-state index is 13.0. The molecule has 0 saturated carbocycles. The van der Waals surface area contributed by atoms with Crippen molar-refractivity contribution in [3.05, 3.63) is 43.0 Å². The molecule has 1 saturated heterocycles. The SMILES string of the molecule is C=CCOC(=O)c1cc(NC(=O)C2CC(C(C=O)(OCC=C)C(=O)S)CN2)c(OC)cc1OC. The Morgan fingerprint density at radius 3 is 2.41 bits per heavy atom. The summed E-state index contributed by atoms with van der Waals surface area (Å²) in [6.07, 6.45) is 3.37. The summed E-state index contributed by atoms with van der Waals surface area (Å²) in [7, 11) is 2.79. The van der Waals surface area contributed by atoms with Crippen LogP contribution in [0.1, 0.15) is 16.8 Å². The number of thiol groups is 1. The van der Waals surface area contributed by atoms with Crippen LogP contribution in [0.3, 0.4) is 0 Å². The lowest BCUT2D eigenvalue weighted by Crippen LogP contribution is -2.49. The number of hydrogen-bond donors (Lipinski definition) is 3. The maximum Gasteiger partial charge on any atom is 0.342 e. The van der Waals surface area contributed by atoms with E-state index in [1.807, 2.05) is 0 Å². The number of aldehydes is 1. The van der Waals surface area contributed by atoms with Crippen molar-refractivity contribution in [2.45, 2.75) is 18.1 Å². The van der Waals surface area contributed by atoms with Gasteiger partial charge in [0, 0.05) is 18.5 Å². The second-order valence-electron chi connectivity index (χ2n) is 7.34. The highest BCUT2D eigenvalue weighted by molar-refractivity contribution is 7.97. The van der Waals surface area contributed by atoms with Gasteiger partial charge in [0.05, 0.1) is 32.6 Å². The molecule has 0 aliphatic carbocycles. The zero-order chi connectivity index (χ0) is 25.3. The number of benzene rings is 1. The largest absolute Gasteiger partial charge is 0.496 e. The average molecular weight is 493 g/mol. The maximum absolute atomic E-state index is 13.0. The summed E-state index contributed by atoms with van der Waals surface area (Å²) < 4.78 is 21.1. The van der Waals surface area contributed by atoms with Crippen molar-refractivity contribution in [2.75, 3.05) is 39.3 Å². The normalized spacial score (nSPS) is 18.8. The van der Waals surface area contributed by atoms with Crippen LogP contribution < -0.4 is 20.1 Å². The Kier molecular flexibility index (Phi) is 9.84. The standard InChI is InChI=1S/C23H28N2O8S/c1-5-7-32-21(28)15-10-16(19(31-4)11-18(15)30-3)25-20(27)17-9-14(12-24-17)23(13-26,22(29)34)33-8-6-2/h5-6,10-11,13-14,17,24H,1-2,7-9,12H2,3-4H3,(H,25,27)(H,29,34). The van der Waals surface area contributed by atoms with Crippen molar-refractivity contribution in [2.24, 2.45) is 5.92 Å². The molecule has 1 aromatic rings. The number of anilines is 1. The molecule has 0 radical (unpaired) electrons. The summed E-state index contributed by atoms with van der Waals surface area (Å²) in [6, 6.07) is 2.07. The molecule has 0 bridgehead atoms. The van der Waals surface area contributed by atoms with Crippen LogP contribution in [-0.2, 0) is 23.9 Å². The van der Waals surface area contributed by atoms with E-state index in [1.165, 1.54) is 38.5 Å². The Morgan fingerprint density at radius 2 is 1.85 bits per heavy atom. The minimum Gasteiger partial charge on any atom is -0.496 e. The summed E-state index contributed by atoms with van der Waals surface area (Å²) in [5, 5.41) is 4.95. The molecule has 3 atom stereocenters. The third kappa shape index (κ3) is 5.85. The number of amides is 1. The molecule has 11 heteroatoms. The van der Waals surface area contributed by atoms with E-state index in [2.05, 4.69) is 36.4 Å². The summed E-state index contributed by atoms with van der Waals surface area (Å²) in [5.74, 6) is -1.32. The van der Waals surface area contributed by atoms with E-state index >= 15 is 0 Å². The van der Waals surface area contributed by atoms with Crippen LogP contribution in [0, 0.1) is 5.92 Å². The third-order valence-corrected chi connectivity index (χ3v) is 5.68. The average Bonchev–Trinajstić information content (AvgIpc) is 3.33. The van der Waals surface area contributed by atoms with Crippen LogP contribution in [-0.4, -0.2) is 68.9 Å². The zero-order valence-electron chi connectivity index (χ0n) is 19.0. The molecule has 0 spiro atoms. The van der Waals surface area contributed by atoms with Crippen molar-refractivity contribution >= 4 is 41.6 Å². The van der Waals surface area contributed by atoms with Gasteiger partial charge in [-0.1, -0.05) is 18.7 Å². The molecular weight excluding hydrogens is 464 g/mol. The summed E-state index contributed by atoms with van der Waals surface area (Å²) in [5.41, 5.74) is -1.52. The van der Waals surface area contributed by atoms with Crippen molar-refractivity contribution in [3.63, 3.8) is 0 Å². The fraction of sp³-hybridized carbons (Fsp3) is 0.391. The van der Waals surface area contributed by atoms with Crippen LogP contribution in [0.4, 0.5) is 5.69 Å². The number of methoxy groups -OCH3 is 2.